The third kappa shape index (κ3) is 4.67. The van der Waals surface area contributed by atoms with Gasteiger partial charge in [0, 0.05) is 24.6 Å². The van der Waals surface area contributed by atoms with Gasteiger partial charge in [-0.3, -0.25) is 4.79 Å². The minimum absolute atomic E-state index is 0.0774. The molecule has 1 aromatic heterocycles. The molecule has 1 unspecified atom stereocenters. The molecule has 7 nitrogen and oxygen atoms in total. The summed E-state index contributed by atoms with van der Waals surface area (Å²) in [4.78, 5) is 30.2. The lowest BCUT2D eigenvalue weighted by Crippen LogP contribution is -2.42. The number of hydrogen-bond acceptors (Lipinski definition) is 6. The predicted molar refractivity (Wildman–Crippen MR) is 111 cm³/mol. The number of piperidine rings is 1. The van der Waals surface area contributed by atoms with Gasteiger partial charge in [0.05, 0.1) is 11.3 Å². The minimum Gasteiger partial charge on any atom is -0.507 e. The molecule has 0 spiro atoms. The van der Waals surface area contributed by atoms with Gasteiger partial charge in [-0.15, -0.1) is 0 Å². The van der Waals surface area contributed by atoms with Crippen LogP contribution in [0.5, 0.6) is 5.75 Å². The van der Waals surface area contributed by atoms with Gasteiger partial charge in [0.25, 0.3) is 0 Å². The molecule has 3 rings (SSSR count). The largest absolute Gasteiger partial charge is 0.507 e. The van der Waals surface area contributed by atoms with E-state index in [1.165, 1.54) is 0 Å². The number of carbonyl (C=O) groups excluding carboxylic acids is 2. The van der Waals surface area contributed by atoms with Crippen molar-refractivity contribution >= 4 is 18.2 Å². The van der Waals surface area contributed by atoms with Crippen molar-refractivity contribution in [3.05, 3.63) is 41.5 Å². The maximum atomic E-state index is 12.5. The first kappa shape index (κ1) is 20.6. The van der Waals surface area contributed by atoms with Gasteiger partial charge in [-0.1, -0.05) is 12.1 Å². The summed E-state index contributed by atoms with van der Waals surface area (Å²) in [6.07, 6.45) is 1.94. The zero-order valence-corrected chi connectivity index (χ0v) is 17.0. The fourth-order valence-corrected chi connectivity index (χ4v) is 3.61. The fraction of sp³-hybridized carbons (Fsp3) is 0.409. The van der Waals surface area contributed by atoms with Crippen molar-refractivity contribution < 1.29 is 19.4 Å². The minimum atomic E-state index is -0.572. The molecule has 1 fully saturated rings. The first-order valence-electron chi connectivity index (χ1n) is 9.71. The predicted octanol–water partition coefficient (Wildman–Crippen LogP) is 3.96. The second-order valence-electron chi connectivity index (χ2n) is 8.30. The van der Waals surface area contributed by atoms with Crippen molar-refractivity contribution in [2.24, 2.45) is 0 Å². The Hall–Kier alpha value is -3.09. The van der Waals surface area contributed by atoms with Gasteiger partial charge in [0.1, 0.15) is 17.2 Å². The van der Waals surface area contributed by atoms with Crippen LogP contribution in [0.3, 0.4) is 0 Å². The van der Waals surface area contributed by atoms with E-state index in [0.29, 0.717) is 36.2 Å². The Labute approximate surface area is 170 Å². The van der Waals surface area contributed by atoms with E-state index in [1.807, 2.05) is 20.8 Å². The summed E-state index contributed by atoms with van der Waals surface area (Å²) in [6.45, 7) is 6.53. The van der Waals surface area contributed by atoms with Gasteiger partial charge in [-0.25, -0.2) is 9.78 Å². The number of pyridine rings is 1. The molecule has 1 aliphatic rings. The zero-order chi connectivity index (χ0) is 21.2. The number of nitrogens with zero attached hydrogens (tertiary/aromatic N) is 2. The van der Waals surface area contributed by atoms with Crippen LogP contribution in [0.1, 0.15) is 55.5 Å². The molecule has 0 radical (unpaired) electrons. The van der Waals surface area contributed by atoms with E-state index in [1.54, 1.807) is 35.2 Å². The van der Waals surface area contributed by atoms with Crippen LogP contribution >= 0.6 is 0 Å². The van der Waals surface area contributed by atoms with Gasteiger partial charge in [-0.2, -0.15) is 0 Å². The molecular formula is C22H27N3O4. The maximum absolute atomic E-state index is 12.5. The molecule has 1 aromatic carbocycles. The second-order valence-corrected chi connectivity index (χ2v) is 8.30. The number of aldehydes is 1. The first-order valence-corrected chi connectivity index (χ1v) is 9.71. The highest BCUT2D eigenvalue weighted by Crippen LogP contribution is 2.35. The number of ether oxygens (including phenoxy) is 1. The van der Waals surface area contributed by atoms with Crippen molar-refractivity contribution in [2.45, 2.75) is 45.1 Å². The number of aromatic nitrogens is 1. The number of anilines is 1. The van der Waals surface area contributed by atoms with Crippen LogP contribution in [0.15, 0.2) is 30.3 Å². The Morgan fingerprint density at radius 3 is 2.72 bits per heavy atom. The van der Waals surface area contributed by atoms with E-state index < -0.39 is 5.60 Å². The summed E-state index contributed by atoms with van der Waals surface area (Å²) in [5.74, 6) is 0.125. The number of benzene rings is 1. The van der Waals surface area contributed by atoms with Gasteiger partial charge in [-0.05, 0) is 57.4 Å². The Morgan fingerprint density at radius 1 is 1.34 bits per heavy atom. The number of amides is 1. The molecule has 1 atom stereocenters. The van der Waals surface area contributed by atoms with Crippen LogP contribution in [-0.2, 0) is 4.74 Å². The third-order valence-electron chi connectivity index (χ3n) is 4.93. The molecule has 0 saturated carbocycles. The van der Waals surface area contributed by atoms with E-state index >= 15 is 0 Å². The summed E-state index contributed by atoms with van der Waals surface area (Å²) >= 11 is 0. The van der Waals surface area contributed by atoms with E-state index in [4.69, 9.17) is 10.5 Å². The molecule has 3 N–H and O–H groups in total. The van der Waals surface area contributed by atoms with Crippen molar-refractivity contribution in [3.8, 4) is 17.0 Å². The summed E-state index contributed by atoms with van der Waals surface area (Å²) < 4.78 is 5.50. The molecule has 7 heteroatoms. The van der Waals surface area contributed by atoms with E-state index in [2.05, 4.69) is 4.98 Å². The molecule has 2 heterocycles. The smallest absolute Gasteiger partial charge is 0.410 e. The lowest BCUT2D eigenvalue weighted by Gasteiger charge is -2.34. The van der Waals surface area contributed by atoms with Crippen LogP contribution in [-0.4, -0.2) is 46.1 Å². The first-order chi connectivity index (χ1) is 13.7. The number of rotatable bonds is 3. The van der Waals surface area contributed by atoms with Crippen molar-refractivity contribution in [1.82, 2.24) is 9.88 Å². The topological polar surface area (TPSA) is 106 Å². The van der Waals surface area contributed by atoms with Crippen LogP contribution in [0.25, 0.3) is 11.3 Å². The monoisotopic (exact) mass is 397 g/mol. The lowest BCUT2D eigenvalue weighted by molar-refractivity contribution is 0.0198. The van der Waals surface area contributed by atoms with Crippen LogP contribution in [0.4, 0.5) is 10.6 Å². The Kier molecular flexibility index (Phi) is 5.77. The van der Waals surface area contributed by atoms with Crippen LogP contribution in [0, 0.1) is 0 Å². The number of carbonyl (C=O) groups is 2. The van der Waals surface area contributed by atoms with Gasteiger partial charge in [0.15, 0.2) is 6.29 Å². The van der Waals surface area contributed by atoms with E-state index in [-0.39, 0.29) is 23.6 Å². The van der Waals surface area contributed by atoms with Crippen LogP contribution in [0.2, 0.25) is 0 Å². The molecule has 154 valence electrons. The average molecular weight is 397 g/mol. The number of nitrogens with two attached hydrogens (primary N) is 1. The number of para-hydroxylation sites is 1. The van der Waals surface area contributed by atoms with Crippen LogP contribution < -0.4 is 5.73 Å². The zero-order valence-electron chi connectivity index (χ0n) is 17.0. The third-order valence-corrected chi connectivity index (χ3v) is 4.93. The van der Waals surface area contributed by atoms with Gasteiger partial charge >= 0.3 is 6.09 Å². The van der Waals surface area contributed by atoms with Crippen molar-refractivity contribution in [1.29, 1.82) is 0 Å². The molecule has 1 aliphatic heterocycles. The molecular weight excluding hydrogens is 370 g/mol. The number of phenols is 1. The highest BCUT2D eigenvalue weighted by molar-refractivity contribution is 5.86. The highest BCUT2D eigenvalue weighted by atomic mass is 16.6. The number of phenolic OH excluding ortho intramolecular Hbond substituents is 1. The summed E-state index contributed by atoms with van der Waals surface area (Å²) in [6, 6.07) is 8.63. The van der Waals surface area contributed by atoms with Crippen molar-refractivity contribution in [3.63, 3.8) is 0 Å². The maximum Gasteiger partial charge on any atom is 0.410 e. The molecule has 29 heavy (non-hydrogen) atoms. The molecule has 2 aromatic rings. The summed E-state index contributed by atoms with van der Waals surface area (Å²) in [5, 5.41) is 10.2. The van der Waals surface area contributed by atoms with Crippen molar-refractivity contribution in [2.75, 3.05) is 18.8 Å². The highest BCUT2D eigenvalue weighted by Gasteiger charge is 2.30. The number of nitrogen functional groups attached to an aromatic ring is 1. The number of likely N-dealkylation sites (tertiary alicyclic amines) is 1. The number of hydrogen-bond donors (Lipinski definition) is 2. The standard InChI is InChI=1S/C22H27N3O4/c1-22(2,3)29-21(28)25-10-6-7-14(12-25)16-11-18(24-20(23)17(16)13-26)15-8-4-5-9-19(15)27/h4-5,8-9,11,13-14,27H,6-7,10,12H2,1-3H3,(H2,23,24). The average Bonchev–Trinajstić information content (AvgIpc) is 2.66. The van der Waals surface area contributed by atoms with Gasteiger partial charge in [0.2, 0.25) is 0 Å². The van der Waals surface area contributed by atoms with E-state index in [9.17, 15) is 14.7 Å². The lowest BCUT2D eigenvalue weighted by atomic mass is 9.87. The molecule has 0 aliphatic carbocycles. The second kappa shape index (κ2) is 8.11. The number of aromatic hydroxyl groups is 1. The summed E-state index contributed by atoms with van der Waals surface area (Å²) in [5.41, 5.74) is 7.61. The normalized spacial score (nSPS) is 17.1. The molecule has 1 saturated heterocycles. The Bertz CT molecular complexity index is 921. The Balaban J connectivity index is 1.95. The fourth-order valence-electron chi connectivity index (χ4n) is 3.61. The Morgan fingerprint density at radius 2 is 2.07 bits per heavy atom. The quantitative estimate of drug-likeness (QED) is 0.759. The summed E-state index contributed by atoms with van der Waals surface area (Å²) in [7, 11) is 0. The molecule has 0 bridgehead atoms. The molecule has 1 amide bonds. The van der Waals surface area contributed by atoms with E-state index in [0.717, 1.165) is 18.4 Å². The van der Waals surface area contributed by atoms with Gasteiger partial charge < -0.3 is 20.5 Å². The SMILES string of the molecule is CC(C)(C)OC(=O)N1CCCC(c2cc(-c3ccccc3O)nc(N)c2C=O)C1.